The molecule has 4 rings (SSSR count). The van der Waals surface area contributed by atoms with Crippen molar-refractivity contribution in [3.8, 4) is 17.2 Å². The van der Waals surface area contributed by atoms with Crippen molar-refractivity contribution in [3.05, 3.63) is 46.3 Å². The van der Waals surface area contributed by atoms with Gasteiger partial charge < -0.3 is 33.5 Å². The molecule has 0 aliphatic carbocycles. The van der Waals surface area contributed by atoms with Gasteiger partial charge in [0.15, 0.2) is 23.1 Å². The van der Waals surface area contributed by atoms with Gasteiger partial charge in [-0.2, -0.15) is 13.2 Å². The number of benzene rings is 2. The number of methoxy groups -OCH3 is 2. The number of fused-ring (bicyclic) bond motifs is 1. The van der Waals surface area contributed by atoms with Gasteiger partial charge in [0.2, 0.25) is 0 Å². The zero-order valence-corrected chi connectivity index (χ0v) is 26.9. The van der Waals surface area contributed by atoms with Crippen LogP contribution < -0.4 is 19.1 Å². The fourth-order valence-corrected chi connectivity index (χ4v) is 5.69. The lowest BCUT2D eigenvalue weighted by Gasteiger charge is -2.29. The molecule has 2 atom stereocenters. The number of carbonyl (C=O) groups excluding carboxylic acids is 2. The van der Waals surface area contributed by atoms with Crippen LogP contribution in [0.4, 0.5) is 23.2 Å². The summed E-state index contributed by atoms with van der Waals surface area (Å²) in [7, 11) is 2.76. The van der Waals surface area contributed by atoms with Crippen LogP contribution in [0.25, 0.3) is 0 Å². The number of rotatable bonds is 11. The summed E-state index contributed by atoms with van der Waals surface area (Å²) in [5, 5.41) is 8.71. The van der Waals surface area contributed by atoms with Gasteiger partial charge in [-0.1, -0.05) is 20.8 Å². The number of nitrogens with one attached hydrogen (secondary N) is 1. The number of carbonyl (C=O) groups is 2. The molecule has 0 spiro atoms. The third kappa shape index (κ3) is 6.86. The molecule has 0 radical (unpaired) electrons. The van der Waals surface area contributed by atoms with Gasteiger partial charge in [0.1, 0.15) is 23.8 Å². The van der Waals surface area contributed by atoms with E-state index in [0.29, 0.717) is 22.6 Å². The first-order valence-corrected chi connectivity index (χ1v) is 14.8. The summed E-state index contributed by atoms with van der Waals surface area (Å²) >= 11 is 0. The highest BCUT2D eigenvalue weighted by Gasteiger charge is 2.46. The van der Waals surface area contributed by atoms with Gasteiger partial charge in [-0.15, -0.1) is 0 Å². The maximum atomic E-state index is 15.6. The van der Waals surface area contributed by atoms with Crippen LogP contribution >= 0.6 is 0 Å². The highest BCUT2D eigenvalue weighted by Crippen LogP contribution is 2.43. The van der Waals surface area contributed by atoms with E-state index in [0.717, 1.165) is 0 Å². The van der Waals surface area contributed by atoms with Gasteiger partial charge in [-0.05, 0) is 43.0 Å². The second-order valence-corrected chi connectivity index (χ2v) is 12.0. The number of esters is 1. The van der Waals surface area contributed by atoms with Crippen LogP contribution in [0, 0.1) is 11.2 Å². The Morgan fingerprint density at radius 1 is 0.978 bits per heavy atom. The Hall–Kier alpha value is -4.07. The van der Waals surface area contributed by atoms with Crippen LogP contribution in [0.5, 0.6) is 17.2 Å². The first-order valence-electron chi connectivity index (χ1n) is 14.8. The first kappa shape index (κ1) is 34.8. The zero-order valence-electron chi connectivity index (χ0n) is 26.9. The van der Waals surface area contributed by atoms with E-state index in [1.54, 1.807) is 36.9 Å². The number of hydrogen-bond acceptors (Lipinski definition) is 9. The van der Waals surface area contributed by atoms with E-state index in [-0.39, 0.29) is 73.6 Å². The van der Waals surface area contributed by atoms with Crippen LogP contribution in [0.2, 0.25) is 0 Å². The SMILES string of the molecule is CCOc1cc2c(c(F)c1OCC)C(=N)N(CC(=O)c1cc(N3CC(OC)C(OC(=O)C(F)(F)F)C3)c(OC)c(C(C)(C)C)c1)C2. The average Bonchev–Trinajstić information content (AvgIpc) is 3.53. The van der Waals surface area contributed by atoms with Gasteiger partial charge in [-0.3, -0.25) is 10.2 Å². The van der Waals surface area contributed by atoms with E-state index >= 15 is 4.39 Å². The number of amidine groups is 1. The molecule has 0 aromatic heterocycles. The van der Waals surface area contributed by atoms with Gasteiger partial charge in [-0.25, -0.2) is 9.18 Å². The third-order valence-corrected chi connectivity index (χ3v) is 7.86. The fraction of sp³-hybridized carbons (Fsp3) is 0.531. The molecule has 2 aliphatic heterocycles. The Kier molecular flexibility index (Phi) is 10.1. The maximum absolute atomic E-state index is 15.6. The smallest absolute Gasteiger partial charge is 0.490 e. The average molecular weight is 654 g/mol. The minimum Gasteiger partial charge on any atom is -0.494 e. The minimum absolute atomic E-state index is 0.0348. The second kappa shape index (κ2) is 13.3. The summed E-state index contributed by atoms with van der Waals surface area (Å²) in [6.45, 7) is 9.43. The molecule has 0 amide bonds. The molecule has 2 aromatic carbocycles. The number of hydrogen-bond donors (Lipinski definition) is 1. The van der Waals surface area contributed by atoms with Gasteiger partial charge in [0.25, 0.3) is 0 Å². The van der Waals surface area contributed by atoms with Crippen molar-refractivity contribution < 1.29 is 50.8 Å². The van der Waals surface area contributed by atoms with Crippen molar-refractivity contribution in [2.45, 2.75) is 65.0 Å². The predicted octanol–water partition coefficient (Wildman–Crippen LogP) is 5.26. The number of halogens is 4. The Labute approximate surface area is 265 Å². The van der Waals surface area contributed by atoms with Crippen molar-refractivity contribution >= 4 is 23.3 Å². The monoisotopic (exact) mass is 653 g/mol. The van der Waals surface area contributed by atoms with E-state index in [1.807, 2.05) is 20.8 Å². The van der Waals surface area contributed by atoms with Crippen LogP contribution in [0.3, 0.4) is 0 Å². The first-order chi connectivity index (χ1) is 21.5. The number of Topliss-reactive ketones (excluding diaryl/α,β-unsaturated/α-hetero) is 1. The number of ketones is 1. The van der Waals surface area contributed by atoms with E-state index in [4.69, 9.17) is 29.1 Å². The van der Waals surface area contributed by atoms with Gasteiger partial charge in [0.05, 0.1) is 44.7 Å². The van der Waals surface area contributed by atoms with E-state index < -0.39 is 35.6 Å². The largest absolute Gasteiger partial charge is 0.494 e. The standard InChI is InChI=1S/C32H39F4N3O7/c1-8-44-22-12-18-13-39(29(37)25(18)26(33)28(22)45-9-2)14-21(40)17-10-19(31(3,4)5)27(43-7)20(11-17)38-15-23(42-6)24(16-38)46-30(41)32(34,35)36/h10-12,23-24,37H,8-9,13-16H2,1-7H3. The number of ether oxygens (including phenoxy) is 5. The second-order valence-electron chi connectivity index (χ2n) is 12.0. The molecule has 252 valence electrons. The van der Waals surface area contributed by atoms with Crippen LogP contribution in [-0.4, -0.2) is 87.9 Å². The van der Waals surface area contributed by atoms with Crippen molar-refractivity contribution in [3.63, 3.8) is 0 Å². The molecule has 14 heteroatoms. The molecule has 1 saturated heterocycles. The molecule has 2 unspecified atom stereocenters. The fourth-order valence-electron chi connectivity index (χ4n) is 5.69. The molecule has 2 heterocycles. The molecule has 1 N–H and O–H groups in total. The van der Waals surface area contributed by atoms with Gasteiger partial charge in [0, 0.05) is 31.3 Å². The van der Waals surface area contributed by atoms with Crippen molar-refractivity contribution in [2.75, 3.05) is 52.0 Å². The summed E-state index contributed by atoms with van der Waals surface area (Å²) in [5.41, 5.74) is 1.28. The molecule has 0 saturated carbocycles. The predicted molar refractivity (Wildman–Crippen MR) is 161 cm³/mol. The number of nitrogens with zero attached hydrogens (tertiary/aromatic N) is 2. The summed E-state index contributed by atoms with van der Waals surface area (Å²) in [6.07, 6.45) is -7.28. The molecule has 46 heavy (non-hydrogen) atoms. The molecule has 1 fully saturated rings. The molecular formula is C32H39F4N3O7. The topological polar surface area (TPSA) is 111 Å². The highest BCUT2D eigenvalue weighted by atomic mass is 19.4. The van der Waals surface area contributed by atoms with E-state index in [1.165, 1.54) is 19.1 Å². The molecule has 2 aliphatic rings. The maximum Gasteiger partial charge on any atom is 0.490 e. The molecule has 2 aromatic rings. The van der Waals surface area contributed by atoms with Crippen molar-refractivity contribution in [1.29, 1.82) is 5.41 Å². The lowest BCUT2D eigenvalue weighted by Crippen LogP contribution is -2.36. The van der Waals surface area contributed by atoms with Crippen molar-refractivity contribution in [2.24, 2.45) is 0 Å². The normalized spacial score (nSPS) is 18.1. The van der Waals surface area contributed by atoms with Gasteiger partial charge >= 0.3 is 12.1 Å². The quantitative estimate of drug-likeness (QED) is 0.197. The van der Waals surface area contributed by atoms with Crippen LogP contribution in [0.1, 0.15) is 61.7 Å². The van der Waals surface area contributed by atoms with Crippen LogP contribution in [0.15, 0.2) is 18.2 Å². The van der Waals surface area contributed by atoms with Crippen molar-refractivity contribution in [1.82, 2.24) is 4.90 Å². The molecular weight excluding hydrogens is 614 g/mol. The van der Waals surface area contributed by atoms with E-state index in [2.05, 4.69) is 0 Å². The Balaban J connectivity index is 1.67. The van der Waals surface area contributed by atoms with E-state index in [9.17, 15) is 22.8 Å². The Morgan fingerprint density at radius 2 is 1.63 bits per heavy atom. The summed E-state index contributed by atoms with van der Waals surface area (Å²) in [6, 6.07) is 4.87. The van der Waals surface area contributed by atoms with Crippen LogP contribution in [-0.2, 0) is 26.2 Å². The Bertz CT molecular complexity index is 1510. The summed E-state index contributed by atoms with van der Waals surface area (Å²) < 4.78 is 81.4. The highest BCUT2D eigenvalue weighted by molar-refractivity contribution is 6.06. The Morgan fingerprint density at radius 3 is 2.20 bits per heavy atom. The summed E-state index contributed by atoms with van der Waals surface area (Å²) in [5.74, 6) is -3.08. The summed E-state index contributed by atoms with van der Waals surface area (Å²) in [4.78, 5) is 28.6. The lowest BCUT2D eigenvalue weighted by atomic mass is 9.84. The molecule has 0 bridgehead atoms. The number of anilines is 1. The minimum atomic E-state index is -5.17. The number of alkyl halides is 3. The third-order valence-electron chi connectivity index (χ3n) is 7.86. The lowest BCUT2D eigenvalue weighted by molar-refractivity contribution is -0.207. The zero-order chi connectivity index (χ0) is 34.1. The molecule has 10 nitrogen and oxygen atoms in total.